The van der Waals surface area contributed by atoms with Gasteiger partial charge in [0.1, 0.15) is 0 Å². The Balaban J connectivity index is 1.49. The lowest BCUT2D eigenvalue weighted by Gasteiger charge is -2.58. The van der Waals surface area contributed by atoms with Crippen molar-refractivity contribution >= 4 is 0 Å². The lowest BCUT2D eigenvalue weighted by atomic mass is 9.47. The van der Waals surface area contributed by atoms with Crippen LogP contribution in [0.15, 0.2) is 11.6 Å². The van der Waals surface area contributed by atoms with Crippen LogP contribution in [0.4, 0.5) is 0 Å². The molecule has 0 spiro atoms. The third kappa shape index (κ3) is 3.88. The zero-order chi connectivity index (χ0) is 23.5. The summed E-state index contributed by atoms with van der Waals surface area (Å²) in [6.45, 7) is 13.2. The Kier molecular flexibility index (Phi) is 6.17. The zero-order valence-corrected chi connectivity index (χ0v) is 21.5. The molecule has 0 bridgehead atoms. The molecule has 0 heterocycles. The quantitative estimate of drug-likeness (QED) is 0.470. The van der Waals surface area contributed by atoms with Gasteiger partial charge in [0, 0.05) is 0 Å². The third-order valence-electron chi connectivity index (χ3n) is 11.1. The van der Waals surface area contributed by atoms with E-state index >= 15 is 0 Å². The van der Waals surface area contributed by atoms with E-state index in [2.05, 4.69) is 32.9 Å². The standard InChI is InChI=1S/C29H47NO2/c1-19(7-12-25(31)26(2,3)18-30)22-10-11-23-21-9-8-20-17-27(4,32)15-16-28(20,5)24(21)13-14-29(22,23)6/h13,19-23,25,31-32H,7-12,14-17H2,1-6H3/t19-,20+,21+,22-,23+,25+,27+,28+,29-/m1/s1. The van der Waals surface area contributed by atoms with Gasteiger partial charge in [-0.25, -0.2) is 0 Å². The van der Waals surface area contributed by atoms with Crippen LogP contribution in [-0.2, 0) is 0 Å². The van der Waals surface area contributed by atoms with E-state index in [-0.39, 0.29) is 0 Å². The van der Waals surface area contributed by atoms with Crippen molar-refractivity contribution in [2.24, 2.45) is 45.8 Å². The van der Waals surface area contributed by atoms with Crippen LogP contribution in [0.2, 0.25) is 0 Å². The molecule has 32 heavy (non-hydrogen) atoms. The Labute approximate surface area is 196 Å². The number of hydrogen-bond donors (Lipinski definition) is 2. The van der Waals surface area contributed by atoms with Gasteiger partial charge in [0.05, 0.1) is 23.2 Å². The molecule has 4 aliphatic carbocycles. The van der Waals surface area contributed by atoms with Crippen molar-refractivity contribution in [1.82, 2.24) is 0 Å². The number of hydrogen-bond acceptors (Lipinski definition) is 3. The van der Waals surface area contributed by atoms with Crippen molar-refractivity contribution in [1.29, 1.82) is 5.26 Å². The fourth-order valence-electron chi connectivity index (χ4n) is 8.73. The number of aliphatic hydroxyl groups is 2. The summed E-state index contributed by atoms with van der Waals surface area (Å²) in [5.41, 5.74) is 1.28. The van der Waals surface area contributed by atoms with E-state index in [1.165, 1.54) is 32.1 Å². The molecule has 0 aliphatic heterocycles. The number of nitrogens with zero attached hydrogens (tertiary/aromatic N) is 1. The molecule has 0 aromatic rings. The Bertz CT molecular complexity index is 791. The van der Waals surface area contributed by atoms with Crippen LogP contribution >= 0.6 is 0 Å². The molecule has 3 nitrogen and oxygen atoms in total. The second-order valence-corrected chi connectivity index (χ2v) is 13.6. The zero-order valence-electron chi connectivity index (χ0n) is 21.5. The molecule has 0 amide bonds. The van der Waals surface area contributed by atoms with E-state index in [9.17, 15) is 15.5 Å². The molecule has 0 unspecified atom stereocenters. The van der Waals surface area contributed by atoms with Gasteiger partial charge in [-0.1, -0.05) is 32.4 Å². The van der Waals surface area contributed by atoms with Crippen molar-refractivity contribution < 1.29 is 10.2 Å². The van der Waals surface area contributed by atoms with Gasteiger partial charge in [0.25, 0.3) is 0 Å². The Hall–Kier alpha value is -0.850. The summed E-state index contributed by atoms with van der Waals surface area (Å²) in [5, 5.41) is 30.6. The van der Waals surface area contributed by atoms with Gasteiger partial charge in [0.2, 0.25) is 0 Å². The van der Waals surface area contributed by atoms with E-state index in [0.717, 1.165) is 43.9 Å². The average molecular weight is 442 g/mol. The smallest absolute Gasteiger partial charge is 0.0776 e. The fourth-order valence-corrected chi connectivity index (χ4v) is 8.73. The van der Waals surface area contributed by atoms with E-state index in [1.54, 1.807) is 5.57 Å². The minimum absolute atomic E-state index is 0.295. The molecule has 0 radical (unpaired) electrons. The summed E-state index contributed by atoms with van der Waals surface area (Å²) in [6.07, 6.45) is 13.3. The predicted molar refractivity (Wildman–Crippen MR) is 130 cm³/mol. The molecular weight excluding hydrogens is 394 g/mol. The Morgan fingerprint density at radius 2 is 1.84 bits per heavy atom. The summed E-state index contributed by atoms with van der Waals surface area (Å²) < 4.78 is 0. The molecule has 0 saturated heterocycles. The molecule has 9 atom stereocenters. The highest BCUT2D eigenvalue weighted by molar-refractivity contribution is 5.29. The molecule has 0 aromatic heterocycles. The van der Waals surface area contributed by atoms with Crippen LogP contribution < -0.4 is 0 Å². The first kappa shape index (κ1) is 24.3. The molecule has 3 heteroatoms. The van der Waals surface area contributed by atoms with Crippen LogP contribution in [0.5, 0.6) is 0 Å². The summed E-state index contributed by atoms with van der Waals surface area (Å²) >= 11 is 0. The van der Waals surface area contributed by atoms with Gasteiger partial charge in [-0.3, -0.25) is 0 Å². The number of aliphatic hydroxyl groups excluding tert-OH is 1. The summed E-state index contributed by atoms with van der Waals surface area (Å²) in [4.78, 5) is 0. The van der Waals surface area contributed by atoms with Crippen LogP contribution in [0, 0.1) is 57.2 Å². The normalized spacial score (nSPS) is 45.7. The van der Waals surface area contributed by atoms with Gasteiger partial charge >= 0.3 is 0 Å². The van der Waals surface area contributed by atoms with Crippen molar-refractivity contribution in [3.8, 4) is 6.07 Å². The maximum absolute atomic E-state index is 10.7. The average Bonchev–Trinajstić information content (AvgIpc) is 3.09. The Morgan fingerprint density at radius 1 is 1.12 bits per heavy atom. The van der Waals surface area contributed by atoms with E-state index in [4.69, 9.17) is 0 Å². The fraction of sp³-hybridized carbons (Fsp3) is 0.897. The van der Waals surface area contributed by atoms with Gasteiger partial charge in [-0.05, 0) is 125 Å². The number of rotatable bonds is 5. The van der Waals surface area contributed by atoms with Crippen molar-refractivity contribution in [3.63, 3.8) is 0 Å². The molecule has 3 saturated carbocycles. The second kappa shape index (κ2) is 8.13. The SMILES string of the molecule is C[C@H](CC[C@H](O)C(C)(C)C#N)[C@H]1CC[C@H]2[C@@H]3CC[C@H]4C[C@@](C)(O)CC[C@]4(C)C3=CC[C@]12C. The van der Waals surface area contributed by atoms with Crippen LogP contribution in [0.25, 0.3) is 0 Å². The molecule has 3 fully saturated rings. The topological polar surface area (TPSA) is 64.2 Å². The van der Waals surface area contributed by atoms with Crippen molar-refractivity contribution in [2.75, 3.05) is 0 Å². The van der Waals surface area contributed by atoms with E-state index in [1.807, 2.05) is 20.8 Å². The maximum atomic E-state index is 10.7. The highest BCUT2D eigenvalue weighted by atomic mass is 16.3. The molecule has 0 aromatic carbocycles. The van der Waals surface area contributed by atoms with Crippen LogP contribution in [0.1, 0.15) is 106 Å². The number of nitriles is 1. The lowest BCUT2D eigenvalue weighted by Crippen LogP contribution is -2.50. The lowest BCUT2D eigenvalue weighted by molar-refractivity contribution is -0.0648. The minimum atomic E-state index is -0.664. The monoisotopic (exact) mass is 441 g/mol. The van der Waals surface area contributed by atoms with Crippen LogP contribution in [-0.4, -0.2) is 21.9 Å². The summed E-state index contributed by atoms with van der Waals surface area (Å²) in [6, 6.07) is 2.28. The predicted octanol–water partition coefficient (Wildman–Crippen LogP) is 6.64. The first-order chi connectivity index (χ1) is 14.8. The molecular formula is C29H47NO2. The summed E-state index contributed by atoms with van der Waals surface area (Å²) in [5.74, 6) is 3.45. The molecule has 180 valence electrons. The van der Waals surface area contributed by atoms with Crippen LogP contribution in [0.3, 0.4) is 0 Å². The summed E-state index contributed by atoms with van der Waals surface area (Å²) in [7, 11) is 0. The highest BCUT2D eigenvalue weighted by Crippen LogP contribution is 2.67. The first-order valence-corrected chi connectivity index (χ1v) is 13.4. The molecule has 4 rings (SSSR count). The Morgan fingerprint density at radius 3 is 2.53 bits per heavy atom. The maximum Gasteiger partial charge on any atom is 0.0776 e. The number of allylic oxidation sites excluding steroid dienone is 2. The van der Waals surface area contributed by atoms with E-state index in [0.29, 0.717) is 28.6 Å². The third-order valence-corrected chi connectivity index (χ3v) is 11.1. The van der Waals surface area contributed by atoms with Gasteiger partial charge in [-0.2, -0.15) is 5.26 Å². The molecule has 2 N–H and O–H groups in total. The molecule has 4 aliphatic rings. The highest BCUT2D eigenvalue weighted by Gasteiger charge is 2.58. The van der Waals surface area contributed by atoms with E-state index < -0.39 is 17.1 Å². The van der Waals surface area contributed by atoms with Crippen molar-refractivity contribution in [3.05, 3.63) is 11.6 Å². The van der Waals surface area contributed by atoms with Gasteiger partial charge in [0.15, 0.2) is 0 Å². The largest absolute Gasteiger partial charge is 0.391 e. The van der Waals surface area contributed by atoms with Gasteiger partial charge < -0.3 is 10.2 Å². The second-order valence-electron chi connectivity index (χ2n) is 13.6. The first-order valence-electron chi connectivity index (χ1n) is 13.4. The number of fused-ring (bicyclic) bond motifs is 5. The minimum Gasteiger partial charge on any atom is -0.391 e. The van der Waals surface area contributed by atoms with Gasteiger partial charge in [-0.15, -0.1) is 0 Å². The van der Waals surface area contributed by atoms with Crippen molar-refractivity contribution in [2.45, 2.75) is 117 Å².